The molecule has 2 unspecified atom stereocenters. The number of piperidine rings is 1. The molecule has 1 fully saturated rings. The molecule has 0 bridgehead atoms. The number of benzene rings is 1. The van der Waals surface area contributed by atoms with Gasteiger partial charge in [0.15, 0.2) is 17.5 Å². The Labute approximate surface area is 172 Å². The number of rotatable bonds is 2. The maximum absolute atomic E-state index is 13.7. The number of guanidine groups is 2. The number of aliphatic imine (C=N–C) groups is 2. The van der Waals surface area contributed by atoms with Gasteiger partial charge in [0.1, 0.15) is 0 Å². The van der Waals surface area contributed by atoms with Crippen molar-refractivity contribution in [1.82, 2.24) is 4.90 Å². The van der Waals surface area contributed by atoms with Crippen LogP contribution in [0.4, 0.5) is 23.2 Å². The van der Waals surface area contributed by atoms with Gasteiger partial charge in [0.25, 0.3) is 0 Å². The summed E-state index contributed by atoms with van der Waals surface area (Å²) in [4.78, 5) is 9.83. The van der Waals surface area contributed by atoms with Crippen molar-refractivity contribution in [3.63, 3.8) is 0 Å². The number of nitrogens with zero attached hydrogens (tertiary/aromatic N) is 3. The fraction of sp³-hybridized carbons (Fsp3) is 0.500. The minimum Gasteiger partial charge on any atom is -0.403 e. The summed E-state index contributed by atoms with van der Waals surface area (Å²) < 4.78 is 53.7. The van der Waals surface area contributed by atoms with Gasteiger partial charge >= 0.3 is 6.36 Å². The summed E-state index contributed by atoms with van der Waals surface area (Å²) in [6, 6.07) is 3.12. The molecule has 0 amide bonds. The quantitative estimate of drug-likeness (QED) is 0.405. The first-order valence-corrected chi connectivity index (χ1v) is 8.09. The lowest BCUT2D eigenvalue weighted by Crippen LogP contribution is -2.51. The van der Waals surface area contributed by atoms with Crippen LogP contribution in [0.3, 0.4) is 0 Å². The van der Waals surface area contributed by atoms with E-state index >= 15 is 0 Å². The molecule has 0 aliphatic carbocycles. The van der Waals surface area contributed by atoms with Crippen LogP contribution >= 0.6 is 24.8 Å². The highest BCUT2D eigenvalue weighted by atomic mass is 35.5. The monoisotopic (exact) mass is 447 g/mol. The van der Waals surface area contributed by atoms with Crippen molar-refractivity contribution >= 4 is 42.4 Å². The summed E-state index contributed by atoms with van der Waals surface area (Å²) in [5, 5.41) is 0. The fourth-order valence-electron chi connectivity index (χ4n) is 2.97. The van der Waals surface area contributed by atoms with E-state index < -0.39 is 17.9 Å². The molecule has 1 heterocycles. The Kier molecular flexibility index (Phi) is 9.83. The van der Waals surface area contributed by atoms with E-state index in [2.05, 4.69) is 14.7 Å². The number of nitrogens with two attached hydrogens (primary N) is 2. The zero-order valence-corrected chi connectivity index (χ0v) is 16.9. The molecule has 0 radical (unpaired) electrons. The molecule has 1 aliphatic rings. The predicted molar refractivity (Wildman–Crippen MR) is 105 cm³/mol. The lowest BCUT2D eigenvalue weighted by Gasteiger charge is -2.39. The van der Waals surface area contributed by atoms with Crippen LogP contribution in [0.2, 0.25) is 0 Å². The molecule has 1 aromatic carbocycles. The third kappa shape index (κ3) is 7.23. The Balaban J connectivity index is 0.00000364. The summed E-state index contributed by atoms with van der Waals surface area (Å²) in [6.45, 7) is 4.06. The Morgan fingerprint density at radius 3 is 2.21 bits per heavy atom. The normalized spacial score (nSPS) is 20.9. The largest absolute Gasteiger partial charge is 0.573 e. The second kappa shape index (κ2) is 10.6. The lowest BCUT2D eigenvalue weighted by atomic mass is 9.98. The molecular formula is C16H23Cl2F4N5O. The summed E-state index contributed by atoms with van der Waals surface area (Å²) >= 11 is 0. The Morgan fingerprint density at radius 2 is 1.71 bits per heavy atom. The summed E-state index contributed by atoms with van der Waals surface area (Å²) in [6.07, 6.45) is -1.93. The Bertz CT molecular complexity index is 705. The number of alkyl halides is 3. The van der Waals surface area contributed by atoms with Gasteiger partial charge in [0.05, 0.1) is 5.69 Å². The molecule has 1 aromatic rings. The minimum atomic E-state index is -4.98. The van der Waals surface area contributed by atoms with Gasteiger partial charge in [-0.2, -0.15) is 4.99 Å². The molecule has 2 atom stereocenters. The van der Waals surface area contributed by atoms with Gasteiger partial charge in [-0.15, -0.1) is 38.0 Å². The molecule has 28 heavy (non-hydrogen) atoms. The van der Waals surface area contributed by atoms with Crippen molar-refractivity contribution in [3.05, 3.63) is 24.0 Å². The first kappa shape index (κ1) is 26.1. The van der Waals surface area contributed by atoms with E-state index in [1.165, 1.54) is 0 Å². The predicted octanol–water partition coefficient (Wildman–Crippen LogP) is 4.09. The van der Waals surface area contributed by atoms with Gasteiger partial charge in [-0.3, -0.25) is 0 Å². The van der Waals surface area contributed by atoms with Gasteiger partial charge in [-0.25, -0.2) is 9.38 Å². The van der Waals surface area contributed by atoms with E-state index in [9.17, 15) is 17.6 Å². The van der Waals surface area contributed by atoms with Crippen LogP contribution in [0.1, 0.15) is 33.1 Å². The third-order valence-corrected chi connectivity index (χ3v) is 4.07. The van der Waals surface area contributed by atoms with Crippen LogP contribution in [-0.2, 0) is 0 Å². The SMILES string of the molecule is CC1CCCC(C)N1/C(N)=N/C(N)=Nc1ccc(OC(F)(F)F)c(F)c1.Cl.Cl. The second-order valence-corrected chi connectivity index (χ2v) is 6.14. The van der Waals surface area contributed by atoms with Crippen molar-refractivity contribution in [2.24, 2.45) is 21.5 Å². The molecule has 1 saturated heterocycles. The zero-order chi connectivity index (χ0) is 19.5. The maximum atomic E-state index is 13.7. The van der Waals surface area contributed by atoms with Gasteiger partial charge in [0, 0.05) is 18.2 Å². The topological polar surface area (TPSA) is 89.2 Å². The van der Waals surface area contributed by atoms with Crippen LogP contribution < -0.4 is 16.2 Å². The molecule has 160 valence electrons. The van der Waals surface area contributed by atoms with Crippen LogP contribution in [0, 0.1) is 5.82 Å². The smallest absolute Gasteiger partial charge is 0.403 e. The molecule has 12 heteroatoms. The molecule has 1 aliphatic heterocycles. The van der Waals surface area contributed by atoms with Crippen LogP contribution in [-0.4, -0.2) is 35.3 Å². The number of hydrogen-bond acceptors (Lipinski definition) is 2. The van der Waals surface area contributed by atoms with Crippen molar-refractivity contribution in [2.75, 3.05) is 0 Å². The maximum Gasteiger partial charge on any atom is 0.573 e. The molecule has 4 N–H and O–H groups in total. The molecular weight excluding hydrogens is 425 g/mol. The Hall–Kier alpha value is -1.94. The highest BCUT2D eigenvalue weighted by Gasteiger charge is 2.32. The van der Waals surface area contributed by atoms with E-state index in [4.69, 9.17) is 11.5 Å². The van der Waals surface area contributed by atoms with E-state index in [1.807, 2.05) is 18.7 Å². The van der Waals surface area contributed by atoms with E-state index in [0.29, 0.717) is 0 Å². The summed E-state index contributed by atoms with van der Waals surface area (Å²) in [5.74, 6) is -2.19. The highest BCUT2D eigenvalue weighted by Crippen LogP contribution is 2.28. The number of ether oxygens (including phenoxy) is 1. The molecule has 2 rings (SSSR count). The summed E-state index contributed by atoms with van der Waals surface area (Å²) in [5.41, 5.74) is 11.7. The molecule has 0 saturated carbocycles. The van der Waals surface area contributed by atoms with Crippen LogP contribution in [0.15, 0.2) is 28.2 Å². The van der Waals surface area contributed by atoms with Gasteiger partial charge in [-0.05, 0) is 45.2 Å². The Morgan fingerprint density at radius 1 is 1.14 bits per heavy atom. The van der Waals surface area contributed by atoms with Gasteiger partial charge in [0.2, 0.25) is 5.96 Å². The van der Waals surface area contributed by atoms with Gasteiger partial charge in [-0.1, -0.05) is 0 Å². The lowest BCUT2D eigenvalue weighted by molar-refractivity contribution is -0.275. The standard InChI is InChI=1S/C16H21F4N5O.2ClH/c1-9-4-3-5-10(2)25(9)15(22)24-14(21)23-11-6-7-13(12(17)8-11)26-16(18,19)20;;/h6-10H,3-5H2,1-2H3,(H4,21,22,23,24);2*1H. The first-order chi connectivity index (χ1) is 12.1. The van der Waals surface area contributed by atoms with Crippen LogP contribution in [0.5, 0.6) is 5.75 Å². The molecule has 6 nitrogen and oxygen atoms in total. The highest BCUT2D eigenvalue weighted by molar-refractivity contribution is 5.94. The average Bonchev–Trinajstić information content (AvgIpc) is 2.48. The molecule has 0 aromatic heterocycles. The minimum absolute atomic E-state index is 0. The number of likely N-dealkylation sites (tertiary alicyclic amines) is 1. The fourth-order valence-corrected chi connectivity index (χ4v) is 2.97. The third-order valence-electron chi connectivity index (χ3n) is 4.07. The van der Waals surface area contributed by atoms with Crippen molar-refractivity contribution in [1.29, 1.82) is 0 Å². The second-order valence-electron chi connectivity index (χ2n) is 6.14. The average molecular weight is 448 g/mol. The summed E-state index contributed by atoms with van der Waals surface area (Å²) in [7, 11) is 0. The number of hydrogen-bond donors (Lipinski definition) is 2. The molecule has 0 spiro atoms. The zero-order valence-electron chi connectivity index (χ0n) is 15.2. The number of halogens is 6. The van der Waals surface area contributed by atoms with Crippen molar-refractivity contribution in [2.45, 2.75) is 51.6 Å². The van der Waals surface area contributed by atoms with Crippen molar-refractivity contribution in [3.8, 4) is 5.75 Å². The van der Waals surface area contributed by atoms with Crippen molar-refractivity contribution < 1.29 is 22.3 Å². The van der Waals surface area contributed by atoms with E-state index in [1.54, 1.807) is 0 Å². The van der Waals surface area contributed by atoms with Crippen LogP contribution in [0.25, 0.3) is 0 Å². The van der Waals surface area contributed by atoms with E-state index in [-0.39, 0.29) is 54.5 Å². The van der Waals surface area contributed by atoms with Gasteiger partial charge < -0.3 is 21.1 Å². The van der Waals surface area contributed by atoms with E-state index in [0.717, 1.165) is 37.5 Å². The first-order valence-electron chi connectivity index (χ1n) is 8.09.